The van der Waals surface area contributed by atoms with Gasteiger partial charge in [-0.2, -0.15) is 0 Å². The Hall–Kier alpha value is -2.46. The molecule has 0 radical (unpaired) electrons. The van der Waals surface area contributed by atoms with Crippen molar-refractivity contribution in [2.24, 2.45) is 0 Å². The summed E-state index contributed by atoms with van der Waals surface area (Å²) in [5.41, 5.74) is 3.22. The van der Waals surface area contributed by atoms with Gasteiger partial charge in [-0.15, -0.1) is 0 Å². The van der Waals surface area contributed by atoms with Gasteiger partial charge in [0.1, 0.15) is 11.7 Å². The zero-order valence-corrected chi connectivity index (χ0v) is 15.3. The molecular formula is C24H25NO2. The number of hydrogen-bond acceptors (Lipinski definition) is 3. The van der Waals surface area contributed by atoms with E-state index in [1.54, 1.807) is 0 Å². The summed E-state index contributed by atoms with van der Waals surface area (Å²) < 4.78 is 6.00. The summed E-state index contributed by atoms with van der Waals surface area (Å²) in [6.07, 6.45) is 0.200. The molecule has 0 amide bonds. The first-order valence-corrected chi connectivity index (χ1v) is 9.51. The Balaban J connectivity index is 1.75. The van der Waals surface area contributed by atoms with Crippen molar-refractivity contribution < 1.29 is 9.84 Å². The molecular weight excluding hydrogens is 334 g/mol. The average Bonchev–Trinajstić information content (AvgIpc) is 2.76. The third-order valence-electron chi connectivity index (χ3n) is 5.30. The fraction of sp³-hybridized carbons (Fsp3) is 0.250. The van der Waals surface area contributed by atoms with Gasteiger partial charge >= 0.3 is 0 Å². The molecule has 27 heavy (non-hydrogen) atoms. The molecule has 2 unspecified atom stereocenters. The molecule has 3 aromatic carbocycles. The van der Waals surface area contributed by atoms with Gasteiger partial charge < -0.3 is 15.2 Å². The van der Waals surface area contributed by atoms with E-state index in [1.807, 2.05) is 60.7 Å². The maximum atomic E-state index is 11.9. The number of benzene rings is 3. The molecule has 1 saturated heterocycles. The maximum Gasteiger partial charge on any atom is 0.121 e. The lowest BCUT2D eigenvalue weighted by Gasteiger charge is -2.39. The predicted octanol–water partition coefficient (Wildman–Crippen LogP) is 3.77. The summed E-state index contributed by atoms with van der Waals surface area (Å²) in [6, 6.07) is 28.5. The SMILES string of the molecule is OC(Cc1ccccc1-c1ccccc1)(c1ccccc1)C1CNCCO1. The standard InChI is InChI=1S/C24H25NO2/c26-24(21-12-5-2-6-13-21,23-18-25-15-16-27-23)17-20-11-7-8-14-22(20)19-9-3-1-4-10-19/h1-14,23,25-26H,15-18H2. The second-order valence-electron chi connectivity index (χ2n) is 7.05. The molecule has 2 atom stereocenters. The van der Waals surface area contributed by atoms with E-state index in [2.05, 4.69) is 29.6 Å². The minimum atomic E-state index is -1.10. The van der Waals surface area contributed by atoms with Crippen molar-refractivity contribution in [2.75, 3.05) is 19.7 Å². The first-order valence-electron chi connectivity index (χ1n) is 9.51. The molecule has 138 valence electrons. The predicted molar refractivity (Wildman–Crippen MR) is 109 cm³/mol. The van der Waals surface area contributed by atoms with Gasteiger partial charge in [0.25, 0.3) is 0 Å². The molecule has 4 rings (SSSR count). The quantitative estimate of drug-likeness (QED) is 0.729. The Kier molecular flexibility index (Phi) is 5.35. The van der Waals surface area contributed by atoms with E-state index in [0.717, 1.165) is 28.8 Å². The molecule has 0 bridgehead atoms. The summed E-state index contributed by atoms with van der Waals surface area (Å²) in [4.78, 5) is 0. The summed E-state index contributed by atoms with van der Waals surface area (Å²) in [5.74, 6) is 0. The Morgan fingerprint density at radius 1 is 0.889 bits per heavy atom. The van der Waals surface area contributed by atoms with Gasteiger partial charge in [-0.25, -0.2) is 0 Å². The molecule has 0 aromatic heterocycles. The number of aliphatic hydroxyl groups is 1. The zero-order valence-electron chi connectivity index (χ0n) is 15.3. The van der Waals surface area contributed by atoms with Crippen molar-refractivity contribution in [1.29, 1.82) is 0 Å². The lowest BCUT2D eigenvalue weighted by atomic mass is 9.80. The molecule has 2 N–H and O–H groups in total. The summed E-state index contributed by atoms with van der Waals surface area (Å²) in [6.45, 7) is 2.07. The molecule has 3 aromatic rings. The smallest absolute Gasteiger partial charge is 0.121 e. The van der Waals surface area contributed by atoms with Crippen molar-refractivity contribution in [3.8, 4) is 11.1 Å². The fourth-order valence-corrected chi connectivity index (χ4v) is 3.86. The monoisotopic (exact) mass is 359 g/mol. The first-order chi connectivity index (χ1) is 13.3. The third-order valence-corrected chi connectivity index (χ3v) is 5.30. The number of ether oxygens (including phenoxy) is 1. The summed E-state index contributed by atoms with van der Waals surface area (Å²) in [5, 5.41) is 15.2. The van der Waals surface area contributed by atoms with Crippen LogP contribution in [0, 0.1) is 0 Å². The van der Waals surface area contributed by atoms with Crippen molar-refractivity contribution >= 4 is 0 Å². The van der Waals surface area contributed by atoms with Gasteiger partial charge in [-0.3, -0.25) is 0 Å². The normalized spacial score (nSPS) is 19.4. The lowest BCUT2D eigenvalue weighted by molar-refractivity contribution is -0.124. The highest BCUT2D eigenvalue weighted by Crippen LogP contribution is 2.35. The van der Waals surface area contributed by atoms with Gasteiger partial charge in [-0.1, -0.05) is 84.9 Å². The molecule has 1 heterocycles. The van der Waals surface area contributed by atoms with Gasteiger partial charge in [0.05, 0.1) is 6.61 Å². The van der Waals surface area contributed by atoms with E-state index in [9.17, 15) is 5.11 Å². The van der Waals surface area contributed by atoms with Crippen LogP contribution in [0.3, 0.4) is 0 Å². The van der Waals surface area contributed by atoms with Crippen LogP contribution in [0.5, 0.6) is 0 Å². The van der Waals surface area contributed by atoms with E-state index in [4.69, 9.17) is 4.74 Å². The maximum absolute atomic E-state index is 11.9. The van der Waals surface area contributed by atoms with Crippen LogP contribution in [-0.4, -0.2) is 30.9 Å². The van der Waals surface area contributed by atoms with E-state index in [1.165, 1.54) is 0 Å². The lowest BCUT2D eigenvalue weighted by Crippen LogP contribution is -2.52. The molecule has 1 aliphatic rings. The molecule has 0 aliphatic carbocycles. The van der Waals surface area contributed by atoms with Crippen LogP contribution >= 0.6 is 0 Å². The Morgan fingerprint density at radius 3 is 2.26 bits per heavy atom. The second kappa shape index (κ2) is 8.05. The van der Waals surface area contributed by atoms with Gasteiger partial charge in [0, 0.05) is 19.5 Å². The topological polar surface area (TPSA) is 41.5 Å². The molecule has 1 aliphatic heterocycles. The van der Waals surface area contributed by atoms with Crippen molar-refractivity contribution in [3.05, 3.63) is 96.1 Å². The van der Waals surface area contributed by atoms with Crippen LogP contribution in [0.15, 0.2) is 84.9 Å². The molecule has 0 spiro atoms. The molecule has 1 fully saturated rings. The zero-order chi connectivity index (χ0) is 18.5. The minimum absolute atomic E-state index is 0.294. The summed E-state index contributed by atoms with van der Waals surface area (Å²) in [7, 11) is 0. The molecule has 3 nitrogen and oxygen atoms in total. The van der Waals surface area contributed by atoms with Crippen LogP contribution in [0.1, 0.15) is 11.1 Å². The number of rotatable bonds is 5. The van der Waals surface area contributed by atoms with Crippen LogP contribution in [0.25, 0.3) is 11.1 Å². The minimum Gasteiger partial charge on any atom is -0.382 e. The van der Waals surface area contributed by atoms with Gasteiger partial charge in [-0.05, 0) is 22.3 Å². The third kappa shape index (κ3) is 3.81. The highest BCUT2D eigenvalue weighted by atomic mass is 16.5. The van der Waals surface area contributed by atoms with Crippen LogP contribution in [0.4, 0.5) is 0 Å². The van der Waals surface area contributed by atoms with Gasteiger partial charge in [0.2, 0.25) is 0 Å². The van der Waals surface area contributed by atoms with Crippen molar-refractivity contribution in [1.82, 2.24) is 5.32 Å². The van der Waals surface area contributed by atoms with E-state index in [-0.39, 0.29) is 6.10 Å². The highest BCUT2D eigenvalue weighted by molar-refractivity contribution is 5.67. The van der Waals surface area contributed by atoms with E-state index in [0.29, 0.717) is 19.6 Å². The van der Waals surface area contributed by atoms with Crippen LogP contribution in [0.2, 0.25) is 0 Å². The van der Waals surface area contributed by atoms with E-state index >= 15 is 0 Å². The summed E-state index contributed by atoms with van der Waals surface area (Å²) >= 11 is 0. The van der Waals surface area contributed by atoms with E-state index < -0.39 is 5.60 Å². The van der Waals surface area contributed by atoms with Crippen molar-refractivity contribution in [3.63, 3.8) is 0 Å². The number of nitrogens with one attached hydrogen (secondary N) is 1. The molecule has 3 heteroatoms. The number of morpholine rings is 1. The number of hydrogen-bond donors (Lipinski definition) is 2. The Bertz CT molecular complexity index is 860. The Labute approximate surface area is 160 Å². The first kappa shape index (κ1) is 17.9. The Morgan fingerprint density at radius 2 is 1.56 bits per heavy atom. The van der Waals surface area contributed by atoms with Crippen molar-refractivity contribution in [2.45, 2.75) is 18.1 Å². The van der Waals surface area contributed by atoms with Crippen LogP contribution in [-0.2, 0) is 16.8 Å². The second-order valence-corrected chi connectivity index (χ2v) is 7.05. The van der Waals surface area contributed by atoms with Gasteiger partial charge in [0.15, 0.2) is 0 Å². The molecule has 0 saturated carbocycles. The highest BCUT2D eigenvalue weighted by Gasteiger charge is 2.40. The van der Waals surface area contributed by atoms with Crippen LogP contribution < -0.4 is 5.32 Å². The fourth-order valence-electron chi connectivity index (χ4n) is 3.86. The largest absolute Gasteiger partial charge is 0.382 e. The average molecular weight is 359 g/mol.